The molecule has 1 radical (unpaired) electrons. The largest absolute Gasteiger partial charge is 0.361 e. The van der Waals surface area contributed by atoms with Crippen LogP contribution in [-0.4, -0.2) is 11.5 Å². The van der Waals surface area contributed by atoms with Gasteiger partial charge in [-0.1, -0.05) is 24.3 Å². The minimum atomic E-state index is 0.928. The highest BCUT2D eigenvalue weighted by Gasteiger charge is 1.94. The fourth-order valence-electron chi connectivity index (χ4n) is 1.21. The summed E-state index contributed by atoms with van der Waals surface area (Å²) in [6.07, 6.45) is 2.83. The van der Waals surface area contributed by atoms with Crippen LogP contribution in [-0.2, 0) is 6.42 Å². The van der Waals surface area contributed by atoms with Crippen molar-refractivity contribution in [1.29, 1.82) is 0 Å². The number of rotatable bonds is 4. The lowest BCUT2D eigenvalue weighted by atomic mass is 10.2. The van der Waals surface area contributed by atoms with Crippen molar-refractivity contribution in [2.24, 2.45) is 0 Å². The number of thiazole rings is 1. The van der Waals surface area contributed by atoms with Gasteiger partial charge in [0, 0.05) is 18.1 Å². The molecule has 1 aromatic heterocycles. The van der Waals surface area contributed by atoms with Gasteiger partial charge in [0.15, 0.2) is 5.13 Å². The van der Waals surface area contributed by atoms with Crippen LogP contribution in [0.4, 0.5) is 5.13 Å². The highest BCUT2D eigenvalue weighted by atomic mass is 32.1. The number of nitrogens with zero attached hydrogens (tertiary/aromatic N) is 1. The van der Waals surface area contributed by atoms with E-state index < -0.39 is 0 Å². The normalized spacial score (nSPS) is 10.0. The second-order valence-corrected chi connectivity index (χ2v) is 3.82. The molecular formula is C11H11N2S. The second kappa shape index (κ2) is 4.77. The molecule has 0 aliphatic rings. The number of nitrogens with one attached hydrogen (secondary N) is 1. The lowest BCUT2D eigenvalue weighted by Gasteiger charge is -2.01. The minimum absolute atomic E-state index is 0.928. The predicted molar refractivity (Wildman–Crippen MR) is 59.6 cm³/mol. The van der Waals surface area contributed by atoms with E-state index in [4.69, 9.17) is 0 Å². The van der Waals surface area contributed by atoms with Crippen LogP contribution in [0.25, 0.3) is 0 Å². The zero-order chi connectivity index (χ0) is 9.64. The molecule has 0 fully saturated rings. The van der Waals surface area contributed by atoms with Crippen molar-refractivity contribution >= 4 is 16.5 Å². The Morgan fingerprint density at radius 3 is 2.93 bits per heavy atom. The lowest BCUT2D eigenvalue weighted by molar-refractivity contribution is 1.02. The van der Waals surface area contributed by atoms with Gasteiger partial charge < -0.3 is 5.32 Å². The molecule has 0 unspecified atom stereocenters. The average Bonchev–Trinajstić information content (AvgIpc) is 2.72. The highest BCUT2D eigenvalue weighted by Crippen LogP contribution is 2.10. The summed E-state index contributed by atoms with van der Waals surface area (Å²) in [5.41, 5.74) is 1.33. The molecule has 0 atom stereocenters. The molecule has 1 aromatic carbocycles. The number of hydrogen-bond acceptors (Lipinski definition) is 3. The van der Waals surface area contributed by atoms with Crippen LogP contribution in [0.5, 0.6) is 0 Å². The first-order valence-electron chi connectivity index (χ1n) is 4.53. The minimum Gasteiger partial charge on any atom is -0.361 e. The van der Waals surface area contributed by atoms with E-state index in [1.807, 2.05) is 23.7 Å². The Kier molecular flexibility index (Phi) is 3.14. The number of hydrogen-bond donors (Lipinski definition) is 1. The van der Waals surface area contributed by atoms with Gasteiger partial charge in [-0.2, -0.15) is 0 Å². The van der Waals surface area contributed by atoms with Gasteiger partial charge in [-0.3, -0.25) is 0 Å². The van der Waals surface area contributed by atoms with Crippen molar-refractivity contribution in [2.45, 2.75) is 6.42 Å². The first-order chi connectivity index (χ1) is 6.95. The van der Waals surface area contributed by atoms with Crippen LogP contribution in [0.2, 0.25) is 0 Å². The molecule has 2 nitrogen and oxygen atoms in total. The van der Waals surface area contributed by atoms with Crippen LogP contribution in [0.15, 0.2) is 35.8 Å². The topological polar surface area (TPSA) is 24.9 Å². The fraction of sp³-hybridized carbons (Fsp3) is 0.182. The maximum atomic E-state index is 4.15. The van der Waals surface area contributed by atoms with Gasteiger partial charge in [0.1, 0.15) is 0 Å². The van der Waals surface area contributed by atoms with Crippen molar-refractivity contribution < 1.29 is 0 Å². The maximum absolute atomic E-state index is 4.15. The summed E-state index contributed by atoms with van der Waals surface area (Å²) in [5, 5.41) is 6.24. The highest BCUT2D eigenvalue weighted by molar-refractivity contribution is 7.13. The Hall–Kier alpha value is -1.35. The molecule has 1 N–H and O–H groups in total. The maximum Gasteiger partial charge on any atom is 0.182 e. The number of anilines is 1. The molecule has 71 valence electrons. The zero-order valence-electron chi connectivity index (χ0n) is 7.73. The van der Waals surface area contributed by atoms with Gasteiger partial charge in [-0.05, 0) is 18.1 Å². The second-order valence-electron chi connectivity index (χ2n) is 2.92. The van der Waals surface area contributed by atoms with Crippen molar-refractivity contribution in [1.82, 2.24) is 4.98 Å². The molecule has 0 amide bonds. The Morgan fingerprint density at radius 2 is 2.21 bits per heavy atom. The van der Waals surface area contributed by atoms with Gasteiger partial charge in [-0.25, -0.2) is 4.98 Å². The summed E-state index contributed by atoms with van der Waals surface area (Å²) in [4.78, 5) is 4.15. The summed E-state index contributed by atoms with van der Waals surface area (Å²) in [7, 11) is 0. The predicted octanol–water partition coefficient (Wildman–Crippen LogP) is 2.60. The third-order valence-corrected chi connectivity index (χ3v) is 2.64. The van der Waals surface area contributed by atoms with E-state index in [2.05, 4.69) is 28.5 Å². The van der Waals surface area contributed by atoms with E-state index in [1.165, 1.54) is 5.56 Å². The van der Waals surface area contributed by atoms with E-state index in [1.54, 1.807) is 11.3 Å². The Labute approximate surface area is 87.6 Å². The van der Waals surface area contributed by atoms with Crippen molar-refractivity contribution in [2.75, 3.05) is 11.9 Å². The van der Waals surface area contributed by atoms with Crippen LogP contribution in [0.1, 0.15) is 5.56 Å². The van der Waals surface area contributed by atoms with E-state index in [-0.39, 0.29) is 0 Å². The van der Waals surface area contributed by atoms with Gasteiger partial charge >= 0.3 is 0 Å². The SMILES string of the molecule is [c]1ccc(CCNc2nccs2)cc1. The standard InChI is InChI=1S/C11H11N2S/c1-2-4-10(5-3-1)6-7-12-11-13-8-9-14-11/h2-5,8-9H,6-7H2,(H,12,13). The monoisotopic (exact) mass is 203 g/mol. The third kappa shape index (κ3) is 2.57. The number of aromatic nitrogens is 1. The molecule has 0 aliphatic heterocycles. The first-order valence-corrected chi connectivity index (χ1v) is 5.41. The molecule has 2 aromatic rings. The Morgan fingerprint density at radius 1 is 1.36 bits per heavy atom. The van der Waals surface area contributed by atoms with Crippen molar-refractivity contribution in [3.05, 3.63) is 47.5 Å². The molecule has 0 spiro atoms. The van der Waals surface area contributed by atoms with Gasteiger partial charge in [0.2, 0.25) is 0 Å². The van der Waals surface area contributed by atoms with Crippen LogP contribution >= 0.6 is 11.3 Å². The van der Waals surface area contributed by atoms with E-state index in [0.717, 1.165) is 18.1 Å². The summed E-state index contributed by atoms with van der Waals surface area (Å²) in [5.74, 6) is 0. The molecule has 0 saturated carbocycles. The molecule has 14 heavy (non-hydrogen) atoms. The number of benzene rings is 1. The van der Waals surface area contributed by atoms with E-state index in [0.29, 0.717) is 0 Å². The molecule has 1 heterocycles. The molecular weight excluding hydrogens is 192 g/mol. The van der Waals surface area contributed by atoms with Crippen LogP contribution in [0.3, 0.4) is 0 Å². The van der Waals surface area contributed by atoms with E-state index >= 15 is 0 Å². The summed E-state index contributed by atoms with van der Waals surface area (Å²) >= 11 is 1.63. The smallest absolute Gasteiger partial charge is 0.182 e. The Balaban J connectivity index is 1.79. The van der Waals surface area contributed by atoms with Crippen LogP contribution in [0, 0.1) is 6.07 Å². The van der Waals surface area contributed by atoms with Gasteiger partial charge in [0.25, 0.3) is 0 Å². The molecule has 3 heteroatoms. The van der Waals surface area contributed by atoms with E-state index in [9.17, 15) is 0 Å². The summed E-state index contributed by atoms with van der Waals surface area (Å²) in [6.45, 7) is 0.928. The lowest BCUT2D eigenvalue weighted by Crippen LogP contribution is -2.03. The van der Waals surface area contributed by atoms with Crippen LogP contribution < -0.4 is 5.32 Å². The molecule has 0 aliphatic carbocycles. The van der Waals surface area contributed by atoms with Crippen molar-refractivity contribution in [3.63, 3.8) is 0 Å². The van der Waals surface area contributed by atoms with Gasteiger partial charge in [0.05, 0.1) is 0 Å². The zero-order valence-corrected chi connectivity index (χ0v) is 8.55. The van der Waals surface area contributed by atoms with Gasteiger partial charge in [-0.15, -0.1) is 11.3 Å². The van der Waals surface area contributed by atoms with Crippen molar-refractivity contribution in [3.8, 4) is 0 Å². The first kappa shape index (κ1) is 9.21. The third-order valence-electron chi connectivity index (χ3n) is 1.91. The average molecular weight is 203 g/mol. The Bertz CT molecular complexity index is 356. The molecule has 0 bridgehead atoms. The molecule has 0 saturated heterocycles. The quantitative estimate of drug-likeness (QED) is 0.826. The summed E-state index contributed by atoms with van der Waals surface area (Å²) < 4.78 is 0. The molecule has 2 rings (SSSR count). The summed E-state index contributed by atoms with van der Waals surface area (Å²) in [6, 6.07) is 11.1. The fourth-order valence-corrected chi connectivity index (χ4v) is 1.77.